The summed E-state index contributed by atoms with van der Waals surface area (Å²) in [5.41, 5.74) is 9.41. The van der Waals surface area contributed by atoms with Gasteiger partial charge in [0.25, 0.3) is 0 Å². The van der Waals surface area contributed by atoms with Gasteiger partial charge >= 0.3 is 0 Å². The molecule has 2 atom stereocenters. The number of hydrogen-bond acceptors (Lipinski definition) is 4. The van der Waals surface area contributed by atoms with Gasteiger partial charge in [-0.05, 0) is 92.5 Å². The van der Waals surface area contributed by atoms with E-state index in [4.69, 9.17) is 33.5 Å². The lowest BCUT2D eigenvalue weighted by molar-refractivity contribution is -0.119. The fraction of sp³-hybridized carbons (Fsp3) is 0.281. The van der Waals surface area contributed by atoms with Crippen LogP contribution in [0, 0.1) is 20.8 Å². The first-order valence-corrected chi connectivity index (χ1v) is 14.4. The zero-order valence-corrected chi connectivity index (χ0v) is 25.4. The van der Waals surface area contributed by atoms with Crippen molar-refractivity contribution in [3.05, 3.63) is 106 Å². The van der Waals surface area contributed by atoms with Gasteiger partial charge in [-0.2, -0.15) is 0 Å². The number of amides is 1. The smallest absolute Gasteiger partial charge is 0.250 e. The number of rotatable bonds is 8. The highest BCUT2D eigenvalue weighted by atomic mass is 35.5. The number of hydrogen-bond donors (Lipinski definition) is 2. The maximum Gasteiger partial charge on any atom is 0.250 e. The lowest BCUT2D eigenvalue weighted by atomic mass is 9.96. The maximum atomic E-state index is 12.1. The first kappa shape index (κ1) is 28.8. The van der Waals surface area contributed by atoms with E-state index in [0.29, 0.717) is 15.8 Å². The van der Waals surface area contributed by atoms with Crippen molar-refractivity contribution >= 4 is 46.2 Å². The van der Waals surface area contributed by atoms with Gasteiger partial charge in [-0.3, -0.25) is 9.78 Å². The van der Waals surface area contributed by atoms with E-state index >= 15 is 0 Å². The molecule has 4 aromatic rings. The Bertz CT molecular complexity index is 1600. The van der Waals surface area contributed by atoms with E-state index in [1.165, 1.54) is 23.9 Å². The van der Waals surface area contributed by atoms with E-state index in [2.05, 4.69) is 72.1 Å². The summed E-state index contributed by atoms with van der Waals surface area (Å²) in [5, 5.41) is 7.32. The van der Waals surface area contributed by atoms with Gasteiger partial charge in [-0.25, -0.2) is 0 Å². The van der Waals surface area contributed by atoms with Crippen molar-refractivity contribution in [3.8, 4) is 5.69 Å². The predicted octanol–water partition coefficient (Wildman–Crippen LogP) is 6.78. The van der Waals surface area contributed by atoms with Gasteiger partial charge in [-0.15, -0.1) is 0 Å². The van der Waals surface area contributed by atoms with Crippen molar-refractivity contribution in [3.63, 3.8) is 0 Å². The summed E-state index contributed by atoms with van der Waals surface area (Å²) in [4.78, 5) is 18.9. The average Bonchev–Trinajstić information content (AvgIpc) is 3.45. The summed E-state index contributed by atoms with van der Waals surface area (Å²) < 4.78 is 7.29. The number of nitrogens with zero attached hydrogens (tertiary/aromatic N) is 3. The van der Waals surface area contributed by atoms with Gasteiger partial charge in [0.15, 0.2) is 5.11 Å². The number of para-hydroxylation sites is 1. The predicted molar refractivity (Wildman–Crippen MR) is 169 cm³/mol. The molecule has 7 nitrogen and oxygen atoms in total. The van der Waals surface area contributed by atoms with Gasteiger partial charge in [0.2, 0.25) is 5.91 Å². The van der Waals surface area contributed by atoms with Crippen molar-refractivity contribution in [2.24, 2.45) is 0 Å². The van der Waals surface area contributed by atoms with E-state index in [-0.39, 0.29) is 24.6 Å². The second kappa shape index (κ2) is 12.0. The first-order chi connectivity index (χ1) is 19.7. The fourth-order valence-corrected chi connectivity index (χ4v) is 6.35. The molecule has 1 aliphatic heterocycles. The summed E-state index contributed by atoms with van der Waals surface area (Å²) in [7, 11) is 1.48. The molecule has 0 saturated carbocycles. The number of nitrogens with one attached hydrogen (secondary N) is 2. The van der Waals surface area contributed by atoms with Gasteiger partial charge in [0.05, 0.1) is 34.2 Å². The Kier molecular flexibility index (Phi) is 8.45. The van der Waals surface area contributed by atoms with E-state index < -0.39 is 0 Å². The molecule has 0 bridgehead atoms. The van der Waals surface area contributed by atoms with Crippen molar-refractivity contribution in [1.82, 2.24) is 14.9 Å². The van der Waals surface area contributed by atoms with Gasteiger partial charge in [0, 0.05) is 30.4 Å². The summed E-state index contributed by atoms with van der Waals surface area (Å²) in [6.45, 7) is 8.62. The van der Waals surface area contributed by atoms with Gasteiger partial charge in [-0.1, -0.05) is 42.8 Å². The monoisotopic (exact) mass is 587 g/mol. The molecule has 2 aromatic carbocycles. The van der Waals surface area contributed by atoms with Crippen molar-refractivity contribution < 1.29 is 9.53 Å². The van der Waals surface area contributed by atoms with Crippen LogP contribution in [0.3, 0.4) is 0 Å². The zero-order valence-electron chi connectivity index (χ0n) is 23.9. The van der Waals surface area contributed by atoms with E-state index in [0.717, 1.165) is 34.8 Å². The normalized spacial score (nSPS) is 16.6. The number of aromatic nitrogens is 2. The lowest BCUT2D eigenvalue weighted by Crippen LogP contribution is -2.29. The second-order valence-corrected chi connectivity index (χ2v) is 11.0. The van der Waals surface area contributed by atoms with Crippen molar-refractivity contribution in [1.29, 1.82) is 0 Å². The van der Waals surface area contributed by atoms with Crippen LogP contribution in [0.2, 0.25) is 5.02 Å². The Hall–Kier alpha value is -3.72. The summed E-state index contributed by atoms with van der Waals surface area (Å²) in [5.74, 6) is -0.274. The molecule has 5 rings (SSSR count). The van der Waals surface area contributed by atoms with Crippen LogP contribution in [0.5, 0.6) is 0 Å². The number of thiocarbonyl (C=S) groups is 1. The number of carbonyl (C=O) groups excluding carboxylic acids is 1. The molecule has 9 heteroatoms. The van der Waals surface area contributed by atoms with Crippen LogP contribution < -0.4 is 15.5 Å². The molecule has 3 heterocycles. The zero-order chi connectivity index (χ0) is 29.3. The number of pyridine rings is 1. The third kappa shape index (κ3) is 5.47. The highest BCUT2D eigenvalue weighted by Crippen LogP contribution is 2.45. The molecular weight excluding hydrogens is 554 g/mol. The summed E-state index contributed by atoms with van der Waals surface area (Å²) >= 11 is 12.6. The Balaban J connectivity index is 1.64. The molecule has 1 saturated heterocycles. The number of halogens is 1. The average molecular weight is 588 g/mol. The minimum atomic E-state index is -0.274. The molecule has 1 aliphatic rings. The van der Waals surface area contributed by atoms with Crippen LogP contribution in [0.15, 0.2) is 66.9 Å². The number of methoxy groups -OCH3 is 1. The molecule has 1 amide bonds. The lowest BCUT2D eigenvalue weighted by Gasteiger charge is -2.29. The Morgan fingerprint density at radius 2 is 1.93 bits per heavy atom. The van der Waals surface area contributed by atoms with Crippen LogP contribution in [0.1, 0.15) is 52.8 Å². The number of anilines is 2. The van der Waals surface area contributed by atoms with Crippen LogP contribution in [0.25, 0.3) is 5.69 Å². The van der Waals surface area contributed by atoms with Gasteiger partial charge in [0.1, 0.15) is 6.61 Å². The molecular formula is C32H34ClN5O2S. The molecule has 212 valence electrons. The van der Waals surface area contributed by atoms with Crippen LogP contribution in [0.4, 0.5) is 11.4 Å². The third-order valence-electron chi connectivity index (χ3n) is 7.59. The van der Waals surface area contributed by atoms with Crippen LogP contribution in [-0.2, 0) is 16.0 Å². The van der Waals surface area contributed by atoms with E-state index in [1.54, 1.807) is 12.3 Å². The minimum absolute atomic E-state index is 0.0533. The maximum absolute atomic E-state index is 12.1. The van der Waals surface area contributed by atoms with Crippen molar-refractivity contribution in [2.75, 3.05) is 23.9 Å². The molecule has 1 fully saturated rings. The number of aryl methyl sites for hydroxylation is 3. The molecule has 0 aliphatic carbocycles. The number of benzene rings is 2. The Labute approximate surface area is 251 Å². The topological polar surface area (TPSA) is 71.4 Å². The molecule has 41 heavy (non-hydrogen) atoms. The minimum Gasteiger partial charge on any atom is -0.375 e. The SMILES string of the molecule is CCc1cccc(C)c1-n1c(C)cc([C@@H]2[C@@H](c3ccccn3)NC(=S)N2c2ccc(NC(=O)COC)c(Cl)c2)c1C. The van der Waals surface area contributed by atoms with Crippen LogP contribution in [-0.4, -0.2) is 34.3 Å². The third-order valence-corrected chi connectivity index (χ3v) is 8.22. The highest BCUT2D eigenvalue weighted by Gasteiger charge is 2.42. The summed E-state index contributed by atoms with van der Waals surface area (Å²) in [6.07, 6.45) is 2.74. The standard InChI is InChI=1S/C32H34ClN5O2S/c1-6-22-11-9-10-19(2)30(22)37-20(3)16-24(21(37)4)31-29(27-12-7-8-15-34-27)36-32(41)38(31)23-13-14-26(25(33)17-23)35-28(39)18-40-5/h7-17,29,31H,6,18H2,1-5H3,(H,35,39)(H,36,41)/t29-,31-/m1/s1. The molecule has 0 radical (unpaired) electrons. The van der Waals surface area contributed by atoms with Gasteiger partial charge < -0.3 is 24.8 Å². The largest absolute Gasteiger partial charge is 0.375 e. The first-order valence-electron chi connectivity index (χ1n) is 13.6. The molecule has 2 N–H and O–H groups in total. The fourth-order valence-electron chi connectivity index (χ4n) is 5.78. The van der Waals surface area contributed by atoms with Crippen LogP contribution >= 0.6 is 23.8 Å². The highest BCUT2D eigenvalue weighted by molar-refractivity contribution is 7.80. The van der Waals surface area contributed by atoms with Crippen molar-refractivity contribution in [2.45, 2.75) is 46.2 Å². The Morgan fingerprint density at radius 3 is 2.61 bits per heavy atom. The quantitative estimate of drug-likeness (QED) is 0.222. The summed E-state index contributed by atoms with van der Waals surface area (Å²) in [6, 6.07) is 19.8. The molecule has 0 unspecified atom stereocenters. The number of ether oxygens (including phenoxy) is 1. The van der Waals surface area contributed by atoms with E-state index in [1.807, 2.05) is 30.3 Å². The number of carbonyl (C=O) groups is 1. The molecule has 0 spiro atoms. The second-order valence-electron chi connectivity index (χ2n) is 10.2. The Morgan fingerprint density at radius 1 is 1.12 bits per heavy atom. The molecule has 2 aromatic heterocycles. The van der Waals surface area contributed by atoms with E-state index in [9.17, 15) is 4.79 Å².